The highest BCUT2D eigenvalue weighted by atomic mass is 16.8. The summed E-state index contributed by atoms with van der Waals surface area (Å²) in [5.41, 5.74) is -2.59. The molecule has 0 aromatic heterocycles. The van der Waals surface area contributed by atoms with Crippen molar-refractivity contribution in [3.05, 3.63) is 11.6 Å². The van der Waals surface area contributed by atoms with Gasteiger partial charge in [0.25, 0.3) is 0 Å². The molecule has 3 aliphatic heterocycles. The van der Waals surface area contributed by atoms with Crippen LogP contribution >= 0.6 is 0 Å². The Morgan fingerprint density at radius 1 is 0.701 bits per heavy atom. The molecule has 20 heteroatoms. The highest BCUT2D eigenvalue weighted by Gasteiger charge is 2.71. The van der Waals surface area contributed by atoms with Gasteiger partial charge in [-0.3, -0.25) is 4.79 Å². The highest BCUT2D eigenvalue weighted by Crippen LogP contribution is 2.76. The first-order valence-electron chi connectivity index (χ1n) is 24.0. The zero-order chi connectivity index (χ0) is 49.1. The molecule has 3 saturated heterocycles. The summed E-state index contributed by atoms with van der Waals surface area (Å²) in [5.74, 6) is -2.77. The molecular weight excluding hydrogens is 884 g/mol. The Balaban J connectivity index is 1.04. The number of fused-ring (bicyclic) bond motifs is 7. The van der Waals surface area contributed by atoms with Gasteiger partial charge in [0, 0.05) is 0 Å². The largest absolute Gasteiger partial charge is 0.481 e. The molecule has 7 fully saturated rings. The number of carboxylic acids is 2. The Kier molecular flexibility index (Phi) is 13.8. The maximum atomic E-state index is 13.6. The average molecular weight is 959 g/mol. The standard InChI is InChI=1S/C47H74O20/c1-42(2)25-9-10-46(6)26(44(25,4)16-22(49)36(42)67-39-33(57)29(53)31(55)34(65-39)37(58)59)8-7-20-21-15-43(3,11-13-47(21,41(60)61)14-12-45(20,46)5)19-63-40-35(30(54)28(52)24(17-48)64-40)66-38-32(56)27(51)23(50)18-62-38/h7,21-36,38-40,48-57H,8-19H2,1-6H3,(H,58,59)(H,60,61)/t21-,22-,23-,24+,25-,26+,27-,28+,29-,30-,31-,32+,33+,34-,35+,36-,38-,39-,40+,43-,44-,45+,46+,47-/m0/s1. The summed E-state index contributed by atoms with van der Waals surface area (Å²) in [6, 6.07) is 0. The molecule has 5 aliphatic carbocycles. The monoisotopic (exact) mass is 958 g/mol. The fraction of sp³-hybridized carbons (Fsp3) is 0.915. The van der Waals surface area contributed by atoms with Crippen molar-refractivity contribution in [2.24, 2.45) is 50.2 Å². The van der Waals surface area contributed by atoms with Crippen LogP contribution in [-0.2, 0) is 38.0 Å². The van der Waals surface area contributed by atoms with E-state index in [0.717, 1.165) is 18.4 Å². The number of hydrogen-bond donors (Lipinski definition) is 12. The van der Waals surface area contributed by atoms with Gasteiger partial charge in [-0.1, -0.05) is 53.2 Å². The third-order valence-corrected chi connectivity index (χ3v) is 19.1. The van der Waals surface area contributed by atoms with Crippen LogP contribution in [0.4, 0.5) is 0 Å². The Hall–Kier alpha value is -1.96. The number of carbonyl (C=O) groups is 2. The average Bonchev–Trinajstić information content (AvgIpc) is 3.26. The van der Waals surface area contributed by atoms with E-state index in [4.69, 9.17) is 28.4 Å². The van der Waals surface area contributed by atoms with E-state index in [1.165, 1.54) is 0 Å². The summed E-state index contributed by atoms with van der Waals surface area (Å²) < 4.78 is 35.4. The number of aliphatic carboxylic acids is 2. The van der Waals surface area contributed by atoms with Crippen LogP contribution in [-0.4, -0.2) is 191 Å². The van der Waals surface area contributed by atoms with Gasteiger partial charge in [-0.2, -0.15) is 0 Å². The fourth-order valence-corrected chi connectivity index (χ4v) is 15.0. The lowest BCUT2D eigenvalue weighted by atomic mass is 9.33. The third kappa shape index (κ3) is 8.04. The van der Waals surface area contributed by atoms with Crippen molar-refractivity contribution in [1.29, 1.82) is 0 Å². The van der Waals surface area contributed by atoms with Crippen molar-refractivity contribution in [1.82, 2.24) is 0 Å². The molecule has 3 heterocycles. The molecule has 382 valence electrons. The predicted molar refractivity (Wildman–Crippen MR) is 228 cm³/mol. The first-order valence-corrected chi connectivity index (χ1v) is 24.0. The zero-order valence-corrected chi connectivity index (χ0v) is 39.2. The fourth-order valence-electron chi connectivity index (χ4n) is 15.0. The van der Waals surface area contributed by atoms with Crippen LogP contribution in [0.1, 0.15) is 99.3 Å². The number of aliphatic hydroxyl groups is 10. The predicted octanol–water partition coefficient (Wildman–Crippen LogP) is -0.619. The second-order valence-corrected chi connectivity index (χ2v) is 23.1. The van der Waals surface area contributed by atoms with Crippen molar-refractivity contribution >= 4 is 11.9 Å². The molecule has 4 saturated carbocycles. The van der Waals surface area contributed by atoms with Crippen LogP contribution in [0, 0.1) is 50.2 Å². The van der Waals surface area contributed by atoms with Gasteiger partial charge in [0.2, 0.25) is 0 Å². The van der Waals surface area contributed by atoms with Crippen LogP contribution in [0.5, 0.6) is 0 Å². The van der Waals surface area contributed by atoms with Crippen LogP contribution in [0.3, 0.4) is 0 Å². The van der Waals surface area contributed by atoms with Crippen LogP contribution in [0.15, 0.2) is 11.6 Å². The first-order chi connectivity index (χ1) is 31.2. The van der Waals surface area contributed by atoms with Crippen molar-refractivity contribution in [2.75, 3.05) is 19.8 Å². The Morgan fingerprint density at radius 3 is 2.03 bits per heavy atom. The minimum absolute atomic E-state index is 0.000611. The summed E-state index contributed by atoms with van der Waals surface area (Å²) in [7, 11) is 0. The molecule has 8 rings (SSSR count). The number of rotatable bonds is 10. The molecule has 0 spiro atoms. The molecule has 8 aliphatic rings. The lowest BCUT2D eigenvalue weighted by Crippen LogP contribution is -2.68. The van der Waals surface area contributed by atoms with Crippen molar-refractivity contribution in [3.63, 3.8) is 0 Å². The van der Waals surface area contributed by atoms with Crippen LogP contribution < -0.4 is 0 Å². The van der Waals surface area contributed by atoms with Crippen LogP contribution in [0.2, 0.25) is 0 Å². The molecule has 0 bridgehead atoms. The van der Waals surface area contributed by atoms with E-state index >= 15 is 0 Å². The van der Waals surface area contributed by atoms with Gasteiger partial charge in [-0.05, 0) is 103 Å². The number of allylic oxidation sites excluding steroid dienone is 2. The minimum atomic E-state index is -1.89. The van der Waals surface area contributed by atoms with E-state index in [2.05, 4.69) is 26.8 Å². The van der Waals surface area contributed by atoms with Crippen molar-refractivity contribution in [2.45, 2.75) is 198 Å². The second-order valence-electron chi connectivity index (χ2n) is 23.1. The lowest BCUT2D eigenvalue weighted by molar-refractivity contribution is -0.359. The van der Waals surface area contributed by atoms with E-state index in [9.17, 15) is 70.9 Å². The Bertz CT molecular complexity index is 1880. The molecule has 24 atom stereocenters. The van der Waals surface area contributed by atoms with E-state index in [0.29, 0.717) is 44.9 Å². The topological polar surface area (TPSA) is 332 Å². The summed E-state index contributed by atoms with van der Waals surface area (Å²) in [4.78, 5) is 25.4. The van der Waals surface area contributed by atoms with Gasteiger partial charge in [-0.15, -0.1) is 0 Å². The molecule has 12 N–H and O–H groups in total. The normalized spacial score (nSPS) is 54.1. The van der Waals surface area contributed by atoms with Gasteiger partial charge in [0.1, 0.15) is 61.0 Å². The van der Waals surface area contributed by atoms with E-state index < -0.39 is 144 Å². The molecule has 20 nitrogen and oxygen atoms in total. The summed E-state index contributed by atoms with van der Waals surface area (Å²) in [6.07, 6.45) is -17.7. The first kappa shape index (κ1) is 51.4. The van der Waals surface area contributed by atoms with Gasteiger partial charge >= 0.3 is 11.9 Å². The number of ether oxygens (including phenoxy) is 6. The highest BCUT2D eigenvalue weighted by molar-refractivity contribution is 5.76. The Morgan fingerprint density at radius 2 is 1.37 bits per heavy atom. The quantitative estimate of drug-likeness (QED) is 0.0959. The summed E-state index contributed by atoms with van der Waals surface area (Å²) in [5, 5.41) is 127. The zero-order valence-electron chi connectivity index (χ0n) is 39.2. The summed E-state index contributed by atoms with van der Waals surface area (Å²) >= 11 is 0. The van der Waals surface area contributed by atoms with E-state index in [1.54, 1.807) is 0 Å². The van der Waals surface area contributed by atoms with E-state index in [1.807, 2.05) is 20.8 Å². The molecule has 0 aromatic carbocycles. The smallest absolute Gasteiger partial charge is 0.335 e. The van der Waals surface area contributed by atoms with Gasteiger partial charge < -0.3 is 89.7 Å². The molecule has 0 amide bonds. The molecule has 67 heavy (non-hydrogen) atoms. The molecular formula is C47H74O20. The number of carboxylic acid groups (broad SMARTS) is 2. The maximum absolute atomic E-state index is 13.6. The SMILES string of the molecule is CC1(C)[C@@H](O[C@@H]2O[C@H](C(=O)O)[C@@H](O)[C@H](O)[C@H]2O)[C@@H](O)C[C@]2(C)[C@H]3CC=C4[C@@H]5C[C@@](C)(CO[C@@H]6O[C@H](CO)[C@@H](O)[C@H](O)[C@H]6O[C@@H]6OC[C@H](O)[C@H](O)[C@H]6O)CC[C@]5(C(=O)O)CC[C@@]4(C)[C@]3(C)CC[C@@H]12. The second kappa shape index (κ2) is 18.0. The number of hydrogen-bond acceptors (Lipinski definition) is 18. The van der Waals surface area contributed by atoms with Gasteiger partial charge in [0.05, 0.1) is 37.4 Å². The molecule has 0 aromatic rings. The van der Waals surface area contributed by atoms with Crippen molar-refractivity contribution in [3.8, 4) is 0 Å². The third-order valence-electron chi connectivity index (χ3n) is 19.1. The Labute approximate surface area is 389 Å². The lowest BCUT2D eigenvalue weighted by Gasteiger charge is -2.71. The minimum Gasteiger partial charge on any atom is -0.481 e. The summed E-state index contributed by atoms with van der Waals surface area (Å²) in [6.45, 7) is 11.7. The number of aliphatic hydroxyl groups excluding tert-OH is 10. The van der Waals surface area contributed by atoms with Gasteiger partial charge in [-0.25, -0.2) is 4.79 Å². The van der Waals surface area contributed by atoms with E-state index in [-0.39, 0.29) is 36.4 Å². The molecule has 0 unspecified atom stereocenters. The molecule has 0 radical (unpaired) electrons. The van der Waals surface area contributed by atoms with Crippen molar-refractivity contribution < 1.29 is 99.3 Å². The van der Waals surface area contributed by atoms with Crippen LogP contribution in [0.25, 0.3) is 0 Å². The van der Waals surface area contributed by atoms with Gasteiger partial charge in [0.15, 0.2) is 25.0 Å². The maximum Gasteiger partial charge on any atom is 0.335 e.